The molecule has 0 aromatic heterocycles. The first kappa shape index (κ1) is 18.9. The zero-order chi connectivity index (χ0) is 19.2. The molecule has 27 heavy (non-hydrogen) atoms. The minimum atomic E-state index is -0.602. The highest BCUT2D eigenvalue weighted by Gasteiger charge is 2.24. The van der Waals surface area contributed by atoms with Crippen LogP contribution in [0.25, 0.3) is 11.1 Å². The van der Waals surface area contributed by atoms with Gasteiger partial charge in [0, 0.05) is 11.1 Å². The van der Waals surface area contributed by atoms with E-state index < -0.39 is 11.9 Å². The molecule has 1 heterocycles. The number of methoxy groups -OCH3 is 1. The number of hydrogen-bond acceptors (Lipinski definition) is 6. The van der Waals surface area contributed by atoms with Crippen molar-refractivity contribution in [2.45, 2.75) is 0 Å². The summed E-state index contributed by atoms with van der Waals surface area (Å²) >= 11 is 7.06. The summed E-state index contributed by atoms with van der Waals surface area (Å²) in [6.07, 6.45) is 2.69. The average molecular weight is 400 g/mol. The van der Waals surface area contributed by atoms with E-state index in [-0.39, 0.29) is 10.1 Å². The van der Waals surface area contributed by atoms with E-state index >= 15 is 0 Å². The minimum Gasteiger partial charge on any atom is -0.466 e. The molecule has 8 heteroatoms. The van der Waals surface area contributed by atoms with Gasteiger partial charge < -0.3 is 4.74 Å². The molecule has 1 aliphatic rings. The monoisotopic (exact) mass is 399 g/mol. The number of hydrogen-bond donors (Lipinski definition) is 1. The van der Waals surface area contributed by atoms with Crippen LogP contribution in [0.3, 0.4) is 0 Å². The molecule has 0 spiro atoms. The van der Waals surface area contributed by atoms with Crippen molar-refractivity contribution < 1.29 is 14.3 Å². The van der Waals surface area contributed by atoms with E-state index in [2.05, 4.69) is 20.3 Å². The fourth-order valence-corrected chi connectivity index (χ4v) is 3.18. The van der Waals surface area contributed by atoms with Crippen LogP contribution >= 0.6 is 23.4 Å². The second-order valence-corrected chi connectivity index (χ2v) is 6.84. The van der Waals surface area contributed by atoms with Crippen LogP contribution in [0.2, 0.25) is 5.02 Å². The normalized spacial score (nSPS) is 16.9. The number of carbonyl (C=O) groups excluding carboxylic acids is 2. The Morgan fingerprint density at radius 3 is 2.67 bits per heavy atom. The standard InChI is InChI=1S/C19H14ClN3O3S/c1-26-17(24)10-16-18(25)22-19(27-16)23-21-11-12-4-2-5-13(8-12)14-6-3-7-15(20)9-14/h2-11H,1H3,(H,22,23,25)/b16-10+,21-11?. The van der Waals surface area contributed by atoms with Gasteiger partial charge in [-0.3, -0.25) is 10.1 Å². The SMILES string of the molecule is COC(=O)/C=C1/S/C(=N\N=Cc2cccc(-c3cccc(Cl)c3)c2)NC1=O. The number of rotatable bonds is 4. The molecule has 0 radical (unpaired) electrons. The highest BCUT2D eigenvalue weighted by Crippen LogP contribution is 2.24. The van der Waals surface area contributed by atoms with E-state index in [1.807, 2.05) is 48.5 Å². The Morgan fingerprint density at radius 1 is 1.19 bits per heavy atom. The summed E-state index contributed by atoms with van der Waals surface area (Å²) in [5.74, 6) is -1.02. The lowest BCUT2D eigenvalue weighted by atomic mass is 10.0. The van der Waals surface area contributed by atoms with Crippen LogP contribution in [0.1, 0.15) is 5.56 Å². The molecule has 136 valence electrons. The molecule has 1 saturated heterocycles. The molecule has 2 aromatic rings. The Bertz CT molecular complexity index is 986. The van der Waals surface area contributed by atoms with Crippen LogP contribution in [0.4, 0.5) is 0 Å². The van der Waals surface area contributed by atoms with E-state index in [1.165, 1.54) is 7.11 Å². The number of halogens is 1. The molecular weight excluding hydrogens is 386 g/mol. The number of amides is 1. The van der Waals surface area contributed by atoms with E-state index in [4.69, 9.17) is 11.6 Å². The molecule has 3 rings (SSSR count). The number of nitrogens with zero attached hydrogens (tertiary/aromatic N) is 2. The van der Waals surface area contributed by atoms with Crippen molar-refractivity contribution in [3.05, 3.63) is 70.1 Å². The Morgan fingerprint density at radius 2 is 1.93 bits per heavy atom. The van der Waals surface area contributed by atoms with Gasteiger partial charge in [-0.15, -0.1) is 5.10 Å². The fourth-order valence-electron chi connectivity index (χ4n) is 2.26. The molecular formula is C19H14ClN3O3S. The molecule has 1 N–H and O–H groups in total. The summed E-state index contributed by atoms with van der Waals surface area (Å²) in [4.78, 5) is 23.2. The number of nitrogens with one attached hydrogen (secondary N) is 1. The molecule has 0 bridgehead atoms. The van der Waals surface area contributed by atoms with Crippen molar-refractivity contribution in [2.24, 2.45) is 10.2 Å². The molecule has 0 atom stereocenters. The van der Waals surface area contributed by atoms with E-state index in [0.717, 1.165) is 34.5 Å². The molecule has 1 aliphatic heterocycles. The minimum absolute atomic E-state index is 0.207. The van der Waals surface area contributed by atoms with Crippen molar-refractivity contribution in [2.75, 3.05) is 7.11 Å². The summed E-state index contributed by atoms with van der Waals surface area (Å²) in [5.41, 5.74) is 2.85. The fraction of sp³-hybridized carbons (Fsp3) is 0.0526. The molecule has 0 unspecified atom stereocenters. The van der Waals surface area contributed by atoms with Gasteiger partial charge in [-0.25, -0.2) is 4.79 Å². The second-order valence-electron chi connectivity index (χ2n) is 5.37. The van der Waals surface area contributed by atoms with Gasteiger partial charge in [0.15, 0.2) is 5.17 Å². The average Bonchev–Trinajstić information content (AvgIpc) is 3.01. The maximum atomic E-state index is 11.7. The van der Waals surface area contributed by atoms with Crippen LogP contribution in [0, 0.1) is 0 Å². The summed E-state index contributed by atoms with van der Waals surface area (Å²) in [5, 5.41) is 11.5. The number of amidine groups is 1. The zero-order valence-corrected chi connectivity index (χ0v) is 15.8. The molecule has 0 aliphatic carbocycles. The summed E-state index contributed by atoms with van der Waals surface area (Å²) < 4.78 is 4.50. The molecule has 2 aromatic carbocycles. The highest BCUT2D eigenvalue weighted by molar-refractivity contribution is 8.18. The van der Waals surface area contributed by atoms with Gasteiger partial charge in [0.05, 0.1) is 18.2 Å². The molecule has 0 saturated carbocycles. The third-order valence-electron chi connectivity index (χ3n) is 3.50. The lowest BCUT2D eigenvalue weighted by Gasteiger charge is -2.03. The van der Waals surface area contributed by atoms with Crippen molar-refractivity contribution in [1.29, 1.82) is 0 Å². The number of ether oxygens (including phenoxy) is 1. The zero-order valence-electron chi connectivity index (χ0n) is 14.2. The van der Waals surface area contributed by atoms with E-state index in [1.54, 1.807) is 6.21 Å². The first-order chi connectivity index (χ1) is 13.0. The van der Waals surface area contributed by atoms with Gasteiger partial charge in [-0.2, -0.15) is 5.10 Å². The van der Waals surface area contributed by atoms with Gasteiger partial charge in [0.25, 0.3) is 5.91 Å². The quantitative estimate of drug-likeness (QED) is 0.368. The largest absolute Gasteiger partial charge is 0.466 e. The first-order valence-corrected chi connectivity index (χ1v) is 9.00. The number of esters is 1. The topological polar surface area (TPSA) is 80.1 Å². The van der Waals surface area contributed by atoms with Gasteiger partial charge in [-0.1, -0.05) is 41.9 Å². The summed E-state index contributed by atoms with van der Waals surface area (Å²) in [6, 6.07) is 15.3. The third-order valence-corrected chi connectivity index (χ3v) is 4.64. The molecule has 1 fully saturated rings. The number of thioether (sulfide) groups is 1. The Balaban J connectivity index is 1.73. The lowest BCUT2D eigenvalue weighted by molar-refractivity contribution is -0.135. The van der Waals surface area contributed by atoms with Crippen LogP contribution in [0.5, 0.6) is 0 Å². The van der Waals surface area contributed by atoms with Gasteiger partial charge in [0.1, 0.15) is 0 Å². The summed E-state index contributed by atoms with van der Waals surface area (Å²) in [7, 11) is 1.24. The third kappa shape index (κ3) is 5.06. The van der Waals surface area contributed by atoms with Crippen molar-refractivity contribution in [1.82, 2.24) is 5.32 Å². The number of carbonyl (C=O) groups is 2. The predicted molar refractivity (Wildman–Crippen MR) is 108 cm³/mol. The smallest absolute Gasteiger partial charge is 0.331 e. The highest BCUT2D eigenvalue weighted by atomic mass is 35.5. The maximum Gasteiger partial charge on any atom is 0.331 e. The van der Waals surface area contributed by atoms with Gasteiger partial charge in [0.2, 0.25) is 0 Å². The predicted octanol–water partition coefficient (Wildman–Crippen LogP) is 3.62. The number of benzene rings is 2. The first-order valence-electron chi connectivity index (χ1n) is 7.81. The van der Waals surface area contributed by atoms with Gasteiger partial charge >= 0.3 is 5.97 Å². The van der Waals surface area contributed by atoms with Crippen molar-refractivity contribution >= 4 is 46.6 Å². The van der Waals surface area contributed by atoms with Crippen molar-refractivity contribution in [3.8, 4) is 11.1 Å². The van der Waals surface area contributed by atoms with Crippen LogP contribution < -0.4 is 5.32 Å². The van der Waals surface area contributed by atoms with E-state index in [9.17, 15) is 9.59 Å². The Labute approximate surface area is 165 Å². The van der Waals surface area contributed by atoms with E-state index in [0.29, 0.717) is 5.02 Å². The van der Waals surface area contributed by atoms with Crippen LogP contribution in [0.15, 0.2) is 69.7 Å². The Hall–Kier alpha value is -2.90. The second kappa shape index (κ2) is 8.66. The van der Waals surface area contributed by atoms with Crippen LogP contribution in [-0.4, -0.2) is 30.4 Å². The lowest BCUT2D eigenvalue weighted by Crippen LogP contribution is -2.19. The summed E-state index contributed by atoms with van der Waals surface area (Å²) in [6.45, 7) is 0. The maximum absolute atomic E-state index is 11.7. The van der Waals surface area contributed by atoms with Gasteiger partial charge in [-0.05, 0) is 46.7 Å². The van der Waals surface area contributed by atoms with Crippen LogP contribution in [-0.2, 0) is 14.3 Å². The van der Waals surface area contributed by atoms with Crippen molar-refractivity contribution in [3.63, 3.8) is 0 Å². The Kier molecular flexibility index (Phi) is 6.05. The molecule has 6 nitrogen and oxygen atoms in total. The molecule has 1 amide bonds.